The summed E-state index contributed by atoms with van der Waals surface area (Å²) in [6.45, 7) is 3.46. The number of carbonyl (C=O) groups excluding carboxylic acids is 2. The minimum Gasteiger partial charge on any atom is -0.312 e. The van der Waals surface area contributed by atoms with Gasteiger partial charge in [-0.15, -0.1) is 0 Å². The number of imide groups is 1. The average molecular weight is 436 g/mol. The molecule has 3 amide bonds. The zero-order valence-electron chi connectivity index (χ0n) is 15.9. The van der Waals surface area contributed by atoms with Gasteiger partial charge in [0.05, 0.1) is 11.7 Å². The topological polar surface area (TPSA) is 104 Å². The number of piperidine rings is 1. The largest absolute Gasteiger partial charge is 0.327 e. The second-order valence-corrected chi connectivity index (χ2v) is 10.4. The third-order valence-corrected chi connectivity index (χ3v) is 8.97. The molecule has 3 aliphatic heterocycles. The van der Waals surface area contributed by atoms with Crippen molar-refractivity contribution in [2.75, 3.05) is 26.2 Å². The minimum atomic E-state index is -3.68. The highest BCUT2D eigenvalue weighted by Gasteiger charge is 2.56. The molecule has 3 saturated heterocycles. The molecule has 154 valence electrons. The van der Waals surface area contributed by atoms with Crippen molar-refractivity contribution < 1.29 is 18.0 Å². The van der Waals surface area contributed by atoms with E-state index in [0.717, 1.165) is 11.7 Å². The Kier molecular flexibility index (Phi) is 4.20. The second kappa shape index (κ2) is 6.44. The first-order valence-corrected chi connectivity index (χ1v) is 11.9. The standard InChI is InChI=1S/C18H21N5O4S2/c1-2-22-16(24)13-10-18(11-23(13)17(22)25)6-8-21(9-7-18)29(26,27)14-5-3-4-12-15(14)20-28-19-12/h3-5,13H,2,6-11H2,1H3. The van der Waals surface area contributed by atoms with Gasteiger partial charge in [0.25, 0.3) is 5.91 Å². The van der Waals surface area contributed by atoms with E-state index >= 15 is 0 Å². The Labute approximate surface area is 172 Å². The van der Waals surface area contributed by atoms with Gasteiger partial charge in [-0.2, -0.15) is 13.1 Å². The fraction of sp³-hybridized carbons (Fsp3) is 0.556. The zero-order valence-corrected chi connectivity index (χ0v) is 17.6. The number of fused-ring (bicyclic) bond motifs is 2. The SMILES string of the molecule is CCN1C(=O)C2CC3(CCN(S(=O)(=O)c4cccc5nsnc45)CC3)CN2C1=O. The molecule has 1 aromatic heterocycles. The van der Waals surface area contributed by atoms with E-state index in [9.17, 15) is 18.0 Å². The van der Waals surface area contributed by atoms with Crippen LogP contribution in [-0.4, -0.2) is 75.4 Å². The Balaban J connectivity index is 1.34. The molecule has 5 rings (SSSR count). The van der Waals surface area contributed by atoms with Crippen LogP contribution in [-0.2, 0) is 14.8 Å². The lowest BCUT2D eigenvalue weighted by Gasteiger charge is -2.38. The maximum absolute atomic E-state index is 13.2. The number of rotatable bonds is 3. The van der Waals surface area contributed by atoms with Crippen LogP contribution in [0.5, 0.6) is 0 Å². The van der Waals surface area contributed by atoms with Gasteiger partial charge in [-0.25, -0.2) is 13.2 Å². The van der Waals surface area contributed by atoms with Gasteiger partial charge in [-0.1, -0.05) is 6.07 Å². The van der Waals surface area contributed by atoms with Crippen molar-refractivity contribution in [1.82, 2.24) is 22.9 Å². The summed E-state index contributed by atoms with van der Waals surface area (Å²) in [6.07, 6.45) is 1.89. The Morgan fingerprint density at radius 2 is 1.97 bits per heavy atom. The molecule has 9 nitrogen and oxygen atoms in total. The van der Waals surface area contributed by atoms with Gasteiger partial charge in [0.1, 0.15) is 22.0 Å². The van der Waals surface area contributed by atoms with Crippen LogP contribution in [0, 0.1) is 5.41 Å². The Bertz CT molecular complexity index is 1080. The molecule has 11 heteroatoms. The second-order valence-electron chi connectivity index (χ2n) is 8.01. The normalized spacial score (nSPS) is 24.8. The van der Waals surface area contributed by atoms with Gasteiger partial charge in [-0.3, -0.25) is 9.69 Å². The van der Waals surface area contributed by atoms with Crippen molar-refractivity contribution in [2.24, 2.45) is 5.41 Å². The molecular formula is C18H21N5O4S2. The van der Waals surface area contributed by atoms with Gasteiger partial charge in [0.2, 0.25) is 10.0 Å². The fourth-order valence-electron chi connectivity index (χ4n) is 4.89. The fourth-order valence-corrected chi connectivity index (χ4v) is 7.08. The number of nitrogens with zero attached hydrogens (tertiary/aromatic N) is 5. The first-order chi connectivity index (χ1) is 13.9. The van der Waals surface area contributed by atoms with E-state index in [-0.39, 0.29) is 28.3 Å². The Hall–Kier alpha value is -2.11. The molecule has 29 heavy (non-hydrogen) atoms. The van der Waals surface area contributed by atoms with Gasteiger partial charge in [-0.05, 0) is 43.7 Å². The number of benzene rings is 1. The predicted octanol–water partition coefficient (Wildman–Crippen LogP) is 1.52. The summed E-state index contributed by atoms with van der Waals surface area (Å²) in [6, 6.07) is 4.41. The Morgan fingerprint density at radius 3 is 2.66 bits per heavy atom. The van der Waals surface area contributed by atoms with E-state index in [1.54, 1.807) is 30.0 Å². The molecule has 1 spiro atoms. The highest BCUT2D eigenvalue weighted by Crippen LogP contribution is 2.46. The lowest BCUT2D eigenvalue weighted by atomic mass is 9.77. The number of amides is 3. The van der Waals surface area contributed by atoms with Crippen LogP contribution in [0.25, 0.3) is 11.0 Å². The quantitative estimate of drug-likeness (QED) is 0.677. The van der Waals surface area contributed by atoms with Gasteiger partial charge >= 0.3 is 6.03 Å². The van der Waals surface area contributed by atoms with Crippen molar-refractivity contribution in [3.8, 4) is 0 Å². The maximum Gasteiger partial charge on any atom is 0.327 e. The molecule has 4 heterocycles. The average Bonchev–Trinajstić information content (AvgIpc) is 3.38. The number of carbonyl (C=O) groups is 2. The van der Waals surface area contributed by atoms with Crippen molar-refractivity contribution in [1.29, 1.82) is 0 Å². The molecule has 3 fully saturated rings. The first kappa shape index (κ1) is 18.9. The van der Waals surface area contributed by atoms with E-state index in [2.05, 4.69) is 8.75 Å². The first-order valence-electron chi connectivity index (χ1n) is 9.70. The molecule has 1 unspecified atom stereocenters. The van der Waals surface area contributed by atoms with Crippen LogP contribution in [0.2, 0.25) is 0 Å². The smallest absolute Gasteiger partial charge is 0.312 e. The van der Waals surface area contributed by atoms with E-state index in [0.29, 0.717) is 56.5 Å². The molecule has 0 radical (unpaired) electrons. The van der Waals surface area contributed by atoms with Crippen molar-refractivity contribution in [3.63, 3.8) is 0 Å². The molecule has 0 N–H and O–H groups in total. The number of likely N-dealkylation sites (N-methyl/N-ethyl adjacent to an activating group) is 1. The number of hydrogen-bond acceptors (Lipinski definition) is 7. The molecule has 0 bridgehead atoms. The molecule has 0 saturated carbocycles. The van der Waals surface area contributed by atoms with Crippen LogP contribution in [0.4, 0.5) is 4.79 Å². The Morgan fingerprint density at radius 1 is 1.21 bits per heavy atom. The van der Waals surface area contributed by atoms with Crippen LogP contribution in [0.1, 0.15) is 26.2 Å². The summed E-state index contributed by atoms with van der Waals surface area (Å²) >= 11 is 1.00. The highest BCUT2D eigenvalue weighted by molar-refractivity contribution is 7.89. The van der Waals surface area contributed by atoms with Gasteiger partial charge < -0.3 is 4.90 Å². The zero-order chi connectivity index (χ0) is 20.4. The van der Waals surface area contributed by atoms with Gasteiger partial charge in [0.15, 0.2) is 0 Å². The minimum absolute atomic E-state index is 0.118. The lowest BCUT2D eigenvalue weighted by molar-refractivity contribution is -0.128. The maximum atomic E-state index is 13.2. The third kappa shape index (κ3) is 2.71. The summed E-state index contributed by atoms with van der Waals surface area (Å²) in [4.78, 5) is 28.2. The number of hydrogen-bond donors (Lipinski definition) is 0. The van der Waals surface area contributed by atoms with Crippen LogP contribution in [0.15, 0.2) is 23.1 Å². The summed E-state index contributed by atoms with van der Waals surface area (Å²) < 4.78 is 36.2. The number of sulfonamides is 1. The molecule has 1 atom stereocenters. The summed E-state index contributed by atoms with van der Waals surface area (Å²) in [7, 11) is -3.68. The molecule has 2 aromatic rings. The summed E-state index contributed by atoms with van der Waals surface area (Å²) in [5.41, 5.74) is 0.810. The molecule has 3 aliphatic rings. The van der Waals surface area contributed by atoms with Crippen LogP contribution >= 0.6 is 11.7 Å². The van der Waals surface area contributed by atoms with Crippen LogP contribution in [0.3, 0.4) is 0 Å². The summed E-state index contributed by atoms with van der Waals surface area (Å²) in [5, 5.41) is 0. The molecule has 1 aromatic carbocycles. The lowest BCUT2D eigenvalue weighted by Crippen LogP contribution is -2.45. The van der Waals surface area contributed by atoms with Crippen molar-refractivity contribution in [2.45, 2.75) is 37.1 Å². The number of aromatic nitrogens is 2. The van der Waals surface area contributed by atoms with Crippen molar-refractivity contribution >= 4 is 44.7 Å². The monoisotopic (exact) mass is 435 g/mol. The van der Waals surface area contributed by atoms with E-state index in [1.807, 2.05) is 0 Å². The number of urea groups is 1. The molecule has 0 aliphatic carbocycles. The van der Waals surface area contributed by atoms with E-state index in [1.165, 1.54) is 9.21 Å². The van der Waals surface area contributed by atoms with E-state index < -0.39 is 10.0 Å². The van der Waals surface area contributed by atoms with E-state index in [4.69, 9.17) is 0 Å². The third-order valence-electron chi connectivity index (χ3n) is 6.50. The van der Waals surface area contributed by atoms with Crippen molar-refractivity contribution in [3.05, 3.63) is 18.2 Å². The molecular weight excluding hydrogens is 414 g/mol. The summed E-state index contributed by atoms with van der Waals surface area (Å²) in [5.74, 6) is -0.118. The predicted molar refractivity (Wildman–Crippen MR) is 106 cm³/mol. The van der Waals surface area contributed by atoms with Crippen LogP contribution < -0.4 is 0 Å². The van der Waals surface area contributed by atoms with Gasteiger partial charge in [0, 0.05) is 26.2 Å². The highest BCUT2D eigenvalue weighted by atomic mass is 32.2.